The molecular formula is C9H20N4. The highest BCUT2D eigenvalue weighted by atomic mass is 15.2. The van der Waals surface area contributed by atoms with Crippen LogP contribution in [0.4, 0.5) is 0 Å². The maximum absolute atomic E-state index is 5.56. The molecule has 0 saturated carbocycles. The summed E-state index contributed by atoms with van der Waals surface area (Å²) in [6.45, 7) is 5.49. The number of aliphatic imine (C=N–C) groups is 1. The molecule has 0 bridgehead atoms. The first-order valence-electron chi connectivity index (χ1n) is 4.98. The lowest BCUT2D eigenvalue weighted by molar-refractivity contribution is 0.267. The smallest absolute Gasteiger partial charge is 0.188 e. The van der Waals surface area contributed by atoms with Crippen molar-refractivity contribution in [3.05, 3.63) is 0 Å². The van der Waals surface area contributed by atoms with Gasteiger partial charge in [0.2, 0.25) is 0 Å². The number of hydrogen-bond acceptors (Lipinski definition) is 2. The number of hydrogen-bond donors (Lipinski definition) is 2. The van der Waals surface area contributed by atoms with Crippen molar-refractivity contribution in [1.82, 2.24) is 10.2 Å². The minimum atomic E-state index is 0.544. The zero-order chi connectivity index (χ0) is 9.68. The third-order valence-corrected chi connectivity index (χ3v) is 2.66. The third kappa shape index (κ3) is 2.88. The van der Waals surface area contributed by atoms with E-state index >= 15 is 0 Å². The fourth-order valence-electron chi connectivity index (χ4n) is 1.84. The van der Waals surface area contributed by atoms with E-state index in [2.05, 4.69) is 22.1 Å². The number of likely N-dealkylation sites (N-methyl/N-ethyl adjacent to an activating group) is 1. The molecule has 0 aromatic carbocycles. The van der Waals surface area contributed by atoms with Gasteiger partial charge in [-0.15, -0.1) is 0 Å². The summed E-state index contributed by atoms with van der Waals surface area (Å²) in [5, 5.41) is 3.12. The molecule has 1 heterocycles. The van der Waals surface area contributed by atoms with E-state index in [1.165, 1.54) is 19.4 Å². The molecule has 0 amide bonds. The minimum Gasteiger partial charge on any atom is -0.370 e. The van der Waals surface area contributed by atoms with Crippen molar-refractivity contribution < 1.29 is 0 Å². The highest BCUT2D eigenvalue weighted by Gasteiger charge is 2.22. The van der Waals surface area contributed by atoms with E-state index in [1.54, 1.807) is 7.05 Å². The van der Waals surface area contributed by atoms with Crippen LogP contribution in [0, 0.1) is 0 Å². The molecule has 1 unspecified atom stereocenters. The van der Waals surface area contributed by atoms with Crippen LogP contribution in [0.2, 0.25) is 0 Å². The van der Waals surface area contributed by atoms with Crippen LogP contribution in [-0.4, -0.2) is 43.6 Å². The lowest BCUT2D eigenvalue weighted by Gasteiger charge is -2.22. The summed E-state index contributed by atoms with van der Waals surface area (Å²) in [6.07, 6.45) is 2.58. The van der Waals surface area contributed by atoms with Crippen LogP contribution in [-0.2, 0) is 0 Å². The second kappa shape index (κ2) is 5.07. The number of nitrogens with two attached hydrogens (primary N) is 1. The van der Waals surface area contributed by atoms with Crippen molar-refractivity contribution in [2.24, 2.45) is 10.7 Å². The Kier molecular flexibility index (Phi) is 4.02. The van der Waals surface area contributed by atoms with E-state index in [-0.39, 0.29) is 0 Å². The summed E-state index contributed by atoms with van der Waals surface area (Å²) in [5.41, 5.74) is 5.56. The monoisotopic (exact) mass is 184 g/mol. The van der Waals surface area contributed by atoms with Gasteiger partial charge in [0.25, 0.3) is 0 Å². The normalized spacial score (nSPS) is 25.1. The second-order valence-corrected chi connectivity index (χ2v) is 3.41. The zero-order valence-corrected chi connectivity index (χ0v) is 8.58. The molecule has 1 rings (SSSR count). The van der Waals surface area contributed by atoms with E-state index in [9.17, 15) is 0 Å². The molecule has 1 saturated heterocycles. The summed E-state index contributed by atoms with van der Waals surface area (Å²) in [5.74, 6) is 0.544. The summed E-state index contributed by atoms with van der Waals surface area (Å²) >= 11 is 0. The van der Waals surface area contributed by atoms with Gasteiger partial charge in [-0.25, -0.2) is 0 Å². The van der Waals surface area contributed by atoms with Crippen LogP contribution >= 0.6 is 0 Å². The Balaban J connectivity index is 2.27. The van der Waals surface area contributed by atoms with E-state index < -0.39 is 0 Å². The largest absolute Gasteiger partial charge is 0.370 e. The SMILES string of the molecule is CCN1CCCC1CNC(N)=NC. The summed E-state index contributed by atoms with van der Waals surface area (Å²) in [7, 11) is 1.70. The van der Waals surface area contributed by atoms with Crippen molar-refractivity contribution in [2.45, 2.75) is 25.8 Å². The molecule has 0 aromatic rings. The van der Waals surface area contributed by atoms with Crippen LogP contribution in [0.1, 0.15) is 19.8 Å². The summed E-state index contributed by atoms with van der Waals surface area (Å²) in [6, 6.07) is 0.644. The average Bonchev–Trinajstić information content (AvgIpc) is 2.61. The number of nitrogens with one attached hydrogen (secondary N) is 1. The summed E-state index contributed by atoms with van der Waals surface area (Å²) < 4.78 is 0. The fourth-order valence-corrected chi connectivity index (χ4v) is 1.84. The molecule has 76 valence electrons. The highest BCUT2D eigenvalue weighted by Crippen LogP contribution is 2.15. The molecule has 13 heavy (non-hydrogen) atoms. The molecule has 0 spiro atoms. The Hall–Kier alpha value is -0.770. The van der Waals surface area contributed by atoms with Gasteiger partial charge in [0.05, 0.1) is 0 Å². The molecule has 4 heteroatoms. The van der Waals surface area contributed by atoms with Gasteiger partial charge in [-0.05, 0) is 25.9 Å². The maximum atomic E-state index is 5.56. The van der Waals surface area contributed by atoms with Gasteiger partial charge in [-0.3, -0.25) is 9.89 Å². The van der Waals surface area contributed by atoms with E-state index in [1.807, 2.05) is 0 Å². The zero-order valence-electron chi connectivity index (χ0n) is 8.58. The molecule has 0 aliphatic carbocycles. The van der Waals surface area contributed by atoms with Crippen molar-refractivity contribution in [2.75, 3.05) is 26.7 Å². The fraction of sp³-hybridized carbons (Fsp3) is 0.889. The predicted octanol–water partition coefficient (Wildman–Crippen LogP) is 0.00480. The van der Waals surface area contributed by atoms with Crippen molar-refractivity contribution in [3.8, 4) is 0 Å². The van der Waals surface area contributed by atoms with Crippen LogP contribution in [0.3, 0.4) is 0 Å². The molecule has 1 atom stereocenters. The van der Waals surface area contributed by atoms with E-state index in [0.29, 0.717) is 12.0 Å². The van der Waals surface area contributed by atoms with Gasteiger partial charge in [-0.2, -0.15) is 0 Å². The molecule has 4 nitrogen and oxygen atoms in total. The molecular weight excluding hydrogens is 164 g/mol. The first kappa shape index (κ1) is 10.3. The molecule has 1 fully saturated rings. The number of likely N-dealkylation sites (tertiary alicyclic amines) is 1. The molecule has 3 N–H and O–H groups in total. The number of nitrogens with zero attached hydrogens (tertiary/aromatic N) is 2. The Morgan fingerprint density at radius 1 is 1.69 bits per heavy atom. The maximum Gasteiger partial charge on any atom is 0.188 e. The lowest BCUT2D eigenvalue weighted by atomic mass is 10.2. The quantitative estimate of drug-likeness (QED) is 0.480. The standard InChI is InChI=1S/C9H20N4/c1-3-13-6-4-5-8(13)7-12-9(10)11-2/h8H,3-7H2,1-2H3,(H3,10,11,12). The van der Waals surface area contributed by atoms with Crippen molar-refractivity contribution >= 4 is 5.96 Å². The Labute approximate surface area is 80.2 Å². The van der Waals surface area contributed by atoms with Crippen LogP contribution in [0.15, 0.2) is 4.99 Å². The molecule has 0 aromatic heterocycles. The first-order valence-corrected chi connectivity index (χ1v) is 4.98. The number of rotatable bonds is 3. The Morgan fingerprint density at radius 2 is 2.46 bits per heavy atom. The van der Waals surface area contributed by atoms with Crippen LogP contribution in [0.25, 0.3) is 0 Å². The van der Waals surface area contributed by atoms with Crippen LogP contribution < -0.4 is 11.1 Å². The summed E-state index contributed by atoms with van der Waals surface area (Å²) in [4.78, 5) is 6.35. The number of guanidine groups is 1. The van der Waals surface area contributed by atoms with E-state index in [0.717, 1.165) is 13.1 Å². The average molecular weight is 184 g/mol. The molecule has 1 aliphatic heterocycles. The van der Waals surface area contributed by atoms with Gasteiger partial charge >= 0.3 is 0 Å². The molecule has 0 radical (unpaired) electrons. The lowest BCUT2D eigenvalue weighted by Crippen LogP contribution is -2.42. The predicted molar refractivity (Wildman–Crippen MR) is 55.8 cm³/mol. The van der Waals surface area contributed by atoms with E-state index in [4.69, 9.17) is 5.73 Å². The minimum absolute atomic E-state index is 0.544. The Morgan fingerprint density at radius 3 is 3.08 bits per heavy atom. The Bertz CT molecular complexity index is 178. The van der Waals surface area contributed by atoms with Gasteiger partial charge in [0.15, 0.2) is 5.96 Å². The van der Waals surface area contributed by atoms with Gasteiger partial charge in [0, 0.05) is 19.6 Å². The van der Waals surface area contributed by atoms with Crippen molar-refractivity contribution in [3.63, 3.8) is 0 Å². The van der Waals surface area contributed by atoms with Crippen LogP contribution in [0.5, 0.6) is 0 Å². The highest BCUT2D eigenvalue weighted by molar-refractivity contribution is 5.77. The third-order valence-electron chi connectivity index (χ3n) is 2.66. The first-order chi connectivity index (χ1) is 6.27. The van der Waals surface area contributed by atoms with Crippen molar-refractivity contribution in [1.29, 1.82) is 0 Å². The van der Waals surface area contributed by atoms with Gasteiger partial charge < -0.3 is 11.1 Å². The van der Waals surface area contributed by atoms with Gasteiger partial charge in [-0.1, -0.05) is 6.92 Å². The molecule has 1 aliphatic rings. The topological polar surface area (TPSA) is 53.6 Å². The second-order valence-electron chi connectivity index (χ2n) is 3.41. The van der Waals surface area contributed by atoms with Gasteiger partial charge in [0.1, 0.15) is 0 Å².